The molecule has 0 fully saturated rings. The van der Waals surface area contributed by atoms with E-state index in [4.69, 9.17) is 5.73 Å². The molecule has 22 heavy (non-hydrogen) atoms. The van der Waals surface area contributed by atoms with Gasteiger partial charge in [0.15, 0.2) is 0 Å². The van der Waals surface area contributed by atoms with E-state index in [1.807, 2.05) is 36.2 Å². The topological polar surface area (TPSA) is 90.0 Å². The number of phenolic OH excluding ortho intramolecular Hbond substituents is 2. The Labute approximate surface area is 130 Å². The highest BCUT2D eigenvalue weighted by Crippen LogP contribution is 2.25. The molecular formula is C17H22N2O3. The molecule has 0 bridgehead atoms. The van der Waals surface area contributed by atoms with Gasteiger partial charge in [0.25, 0.3) is 0 Å². The molecule has 0 aromatic heterocycles. The maximum atomic E-state index is 10.2. The second-order valence-electron chi connectivity index (χ2n) is 5.55. The lowest BCUT2D eigenvalue weighted by molar-refractivity contribution is 0.127. The van der Waals surface area contributed by atoms with Crippen LogP contribution in [0.5, 0.6) is 11.5 Å². The zero-order valence-corrected chi connectivity index (χ0v) is 12.6. The van der Waals surface area contributed by atoms with E-state index in [0.29, 0.717) is 12.1 Å². The molecular weight excluding hydrogens is 280 g/mol. The summed E-state index contributed by atoms with van der Waals surface area (Å²) in [6.07, 6.45) is 0.0869. The number of aromatic hydroxyl groups is 2. The Morgan fingerprint density at radius 1 is 1.05 bits per heavy atom. The number of nitrogen functional groups attached to an aromatic ring is 1. The van der Waals surface area contributed by atoms with E-state index >= 15 is 0 Å². The third-order valence-electron chi connectivity index (χ3n) is 3.56. The van der Waals surface area contributed by atoms with Crippen molar-refractivity contribution >= 4 is 5.69 Å². The van der Waals surface area contributed by atoms with Gasteiger partial charge in [0.1, 0.15) is 11.5 Å². The van der Waals surface area contributed by atoms with Crippen molar-refractivity contribution in [3.05, 3.63) is 53.6 Å². The molecule has 5 heteroatoms. The van der Waals surface area contributed by atoms with Crippen molar-refractivity contribution in [2.75, 3.05) is 25.9 Å². The Morgan fingerprint density at radius 2 is 1.64 bits per heavy atom. The molecule has 2 rings (SSSR count). The van der Waals surface area contributed by atoms with Crippen molar-refractivity contribution in [1.82, 2.24) is 4.90 Å². The summed E-state index contributed by atoms with van der Waals surface area (Å²) in [5, 5.41) is 29.1. The minimum Gasteiger partial charge on any atom is -0.508 e. The number of nitrogens with two attached hydrogens (primary N) is 1. The van der Waals surface area contributed by atoms with Crippen molar-refractivity contribution in [3.63, 3.8) is 0 Å². The van der Waals surface area contributed by atoms with Gasteiger partial charge in [-0.1, -0.05) is 12.1 Å². The lowest BCUT2D eigenvalue weighted by atomic mass is 10.1. The summed E-state index contributed by atoms with van der Waals surface area (Å²) < 4.78 is 0. The second kappa shape index (κ2) is 7.15. The van der Waals surface area contributed by atoms with Crippen LogP contribution in [0.3, 0.4) is 0 Å². The van der Waals surface area contributed by atoms with E-state index in [-0.39, 0.29) is 11.5 Å². The van der Waals surface area contributed by atoms with Crippen molar-refractivity contribution < 1.29 is 15.3 Å². The number of nitrogens with zero attached hydrogens (tertiary/aromatic N) is 1. The summed E-state index contributed by atoms with van der Waals surface area (Å²) >= 11 is 0. The summed E-state index contributed by atoms with van der Waals surface area (Å²) in [7, 11) is 1.92. The standard InChI is InChI=1S/C17H22N2O3/c1-19(7-6-12-2-4-14(18)5-3-12)11-17(22)13-8-15(20)10-16(21)9-13/h2-5,8-10,17,20-22H,6-7,11,18H2,1H3/t17-/m1/s1. The molecule has 2 aromatic rings. The predicted molar refractivity (Wildman–Crippen MR) is 86.8 cm³/mol. The Morgan fingerprint density at radius 3 is 2.23 bits per heavy atom. The molecule has 2 aromatic carbocycles. The van der Waals surface area contributed by atoms with Crippen LogP contribution < -0.4 is 5.73 Å². The van der Waals surface area contributed by atoms with Crippen LogP contribution in [0.4, 0.5) is 5.69 Å². The van der Waals surface area contributed by atoms with Crippen LogP contribution in [0.25, 0.3) is 0 Å². The zero-order chi connectivity index (χ0) is 16.1. The fourth-order valence-electron chi connectivity index (χ4n) is 2.31. The average Bonchev–Trinajstić information content (AvgIpc) is 2.45. The van der Waals surface area contributed by atoms with Crippen LogP contribution in [0.15, 0.2) is 42.5 Å². The zero-order valence-electron chi connectivity index (χ0n) is 12.6. The Balaban J connectivity index is 1.88. The van der Waals surface area contributed by atoms with Gasteiger partial charge in [-0.05, 0) is 48.9 Å². The van der Waals surface area contributed by atoms with Crippen molar-refractivity contribution in [3.8, 4) is 11.5 Å². The fourth-order valence-corrected chi connectivity index (χ4v) is 2.31. The molecule has 0 aliphatic heterocycles. The van der Waals surface area contributed by atoms with Gasteiger partial charge >= 0.3 is 0 Å². The first-order valence-corrected chi connectivity index (χ1v) is 7.18. The first kappa shape index (κ1) is 16.1. The Bertz CT molecular complexity index is 594. The molecule has 0 aliphatic carbocycles. The molecule has 0 radical (unpaired) electrons. The van der Waals surface area contributed by atoms with Crippen LogP contribution in [0.2, 0.25) is 0 Å². The van der Waals surface area contributed by atoms with Crippen LogP contribution in [0, 0.1) is 0 Å². The summed E-state index contributed by atoms with van der Waals surface area (Å²) in [4.78, 5) is 2.00. The van der Waals surface area contributed by atoms with E-state index in [2.05, 4.69) is 0 Å². The summed E-state index contributed by atoms with van der Waals surface area (Å²) in [6.45, 7) is 1.20. The molecule has 5 nitrogen and oxygen atoms in total. The second-order valence-corrected chi connectivity index (χ2v) is 5.55. The van der Waals surface area contributed by atoms with E-state index in [1.54, 1.807) is 0 Å². The first-order chi connectivity index (χ1) is 10.4. The molecule has 0 unspecified atom stereocenters. The lowest BCUT2D eigenvalue weighted by Crippen LogP contribution is -2.26. The molecule has 1 atom stereocenters. The highest BCUT2D eigenvalue weighted by molar-refractivity contribution is 5.39. The van der Waals surface area contributed by atoms with E-state index in [0.717, 1.165) is 18.7 Å². The maximum Gasteiger partial charge on any atom is 0.119 e. The number of hydrogen-bond acceptors (Lipinski definition) is 5. The smallest absolute Gasteiger partial charge is 0.119 e. The van der Waals surface area contributed by atoms with Crippen molar-refractivity contribution in [2.24, 2.45) is 0 Å². The van der Waals surface area contributed by atoms with Crippen molar-refractivity contribution in [1.29, 1.82) is 0 Å². The normalized spacial score (nSPS) is 12.5. The number of hydrogen-bond donors (Lipinski definition) is 4. The number of benzene rings is 2. The van der Waals surface area contributed by atoms with Crippen LogP contribution in [-0.2, 0) is 6.42 Å². The highest BCUT2D eigenvalue weighted by Gasteiger charge is 2.12. The number of likely N-dealkylation sites (N-methyl/N-ethyl adjacent to an activating group) is 1. The molecule has 0 aliphatic rings. The van der Waals surface area contributed by atoms with Gasteiger partial charge in [-0.3, -0.25) is 0 Å². The first-order valence-electron chi connectivity index (χ1n) is 7.18. The van der Waals surface area contributed by atoms with Crippen molar-refractivity contribution in [2.45, 2.75) is 12.5 Å². The molecule has 5 N–H and O–H groups in total. The van der Waals surface area contributed by atoms with Gasteiger partial charge in [-0.2, -0.15) is 0 Å². The van der Waals surface area contributed by atoms with Gasteiger partial charge in [0.05, 0.1) is 6.10 Å². The van der Waals surface area contributed by atoms with Gasteiger partial charge in [0, 0.05) is 24.8 Å². The molecule has 0 amide bonds. The van der Waals surface area contributed by atoms with Gasteiger partial charge < -0.3 is 26.0 Å². The predicted octanol–water partition coefficient (Wildman–Crippen LogP) is 1.89. The van der Waals surface area contributed by atoms with Gasteiger partial charge in [-0.15, -0.1) is 0 Å². The third kappa shape index (κ3) is 4.65. The summed E-state index contributed by atoms with van der Waals surface area (Å²) in [5.41, 5.74) is 8.08. The Kier molecular flexibility index (Phi) is 5.25. The molecule has 0 saturated heterocycles. The summed E-state index contributed by atoms with van der Waals surface area (Å²) in [5.74, 6) is -0.114. The van der Waals surface area contributed by atoms with Gasteiger partial charge in [-0.25, -0.2) is 0 Å². The number of aliphatic hydroxyl groups is 1. The molecule has 0 heterocycles. The van der Waals surface area contributed by atoms with Gasteiger partial charge in [0.2, 0.25) is 0 Å². The Hall–Kier alpha value is -2.24. The fraction of sp³-hybridized carbons (Fsp3) is 0.294. The monoisotopic (exact) mass is 302 g/mol. The van der Waals surface area contributed by atoms with Crippen LogP contribution in [0.1, 0.15) is 17.2 Å². The van der Waals surface area contributed by atoms with Crippen LogP contribution in [-0.4, -0.2) is 40.4 Å². The van der Waals surface area contributed by atoms with E-state index in [1.165, 1.54) is 23.8 Å². The third-order valence-corrected chi connectivity index (χ3v) is 3.56. The SMILES string of the molecule is CN(CCc1ccc(N)cc1)C[C@@H](O)c1cc(O)cc(O)c1. The number of rotatable bonds is 6. The van der Waals surface area contributed by atoms with E-state index in [9.17, 15) is 15.3 Å². The molecule has 118 valence electrons. The lowest BCUT2D eigenvalue weighted by Gasteiger charge is -2.21. The molecule has 0 saturated carbocycles. The maximum absolute atomic E-state index is 10.2. The quantitative estimate of drug-likeness (QED) is 0.612. The molecule has 0 spiro atoms. The average molecular weight is 302 g/mol. The van der Waals surface area contributed by atoms with Crippen LogP contribution >= 0.6 is 0 Å². The minimum atomic E-state index is -0.769. The van der Waals surface area contributed by atoms with E-state index < -0.39 is 6.10 Å². The number of phenols is 2. The largest absolute Gasteiger partial charge is 0.508 e. The number of anilines is 1. The highest BCUT2D eigenvalue weighted by atomic mass is 16.3. The minimum absolute atomic E-state index is 0.0569. The summed E-state index contributed by atoms with van der Waals surface area (Å²) in [6, 6.07) is 11.9. The number of aliphatic hydroxyl groups excluding tert-OH is 1.